The summed E-state index contributed by atoms with van der Waals surface area (Å²) in [5, 5.41) is 8.53. The highest BCUT2D eigenvalue weighted by molar-refractivity contribution is 5.70. The van der Waals surface area contributed by atoms with Crippen molar-refractivity contribution >= 4 is 5.97 Å². The number of hydrogen-bond donors (Lipinski definition) is 1. The first kappa shape index (κ1) is 12.6. The SMILES string of the molecule is CCCC(F)(F)c1ccc(CC(=O)O)cc1. The fourth-order valence-corrected chi connectivity index (χ4v) is 1.50. The van der Waals surface area contributed by atoms with Crippen molar-refractivity contribution in [3.05, 3.63) is 35.4 Å². The number of aliphatic carboxylic acids is 1. The number of carboxylic acids is 1. The summed E-state index contributed by atoms with van der Waals surface area (Å²) in [6.45, 7) is 1.70. The summed E-state index contributed by atoms with van der Waals surface area (Å²) in [7, 11) is 0. The average molecular weight is 228 g/mol. The predicted octanol–water partition coefficient (Wildman–Crippen LogP) is 3.21. The molecule has 4 heteroatoms. The molecule has 0 fully saturated rings. The Labute approximate surface area is 92.9 Å². The Kier molecular flexibility index (Phi) is 3.99. The largest absolute Gasteiger partial charge is 0.481 e. The van der Waals surface area contributed by atoms with Gasteiger partial charge < -0.3 is 5.11 Å². The van der Waals surface area contributed by atoms with Crippen LogP contribution in [0.5, 0.6) is 0 Å². The molecule has 0 aliphatic heterocycles. The molecule has 0 radical (unpaired) electrons. The number of alkyl halides is 2. The predicted molar refractivity (Wildman–Crippen MR) is 56.6 cm³/mol. The van der Waals surface area contributed by atoms with Crippen LogP contribution in [-0.4, -0.2) is 11.1 Å². The van der Waals surface area contributed by atoms with Crippen LogP contribution in [0.2, 0.25) is 0 Å². The number of carboxylic acid groups (broad SMARTS) is 1. The molecule has 0 spiro atoms. The Balaban J connectivity index is 2.81. The van der Waals surface area contributed by atoms with Crippen molar-refractivity contribution in [3.8, 4) is 0 Å². The zero-order chi connectivity index (χ0) is 12.2. The van der Waals surface area contributed by atoms with Gasteiger partial charge in [-0.2, -0.15) is 0 Å². The smallest absolute Gasteiger partial charge is 0.307 e. The van der Waals surface area contributed by atoms with Gasteiger partial charge in [-0.15, -0.1) is 0 Å². The molecule has 16 heavy (non-hydrogen) atoms. The van der Waals surface area contributed by atoms with Gasteiger partial charge in [0.1, 0.15) is 0 Å². The number of benzene rings is 1. The molecule has 1 N–H and O–H groups in total. The molecule has 2 nitrogen and oxygen atoms in total. The topological polar surface area (TPSA) is 37.3 Å². The molecule has 0 saturated carbocycles. The summed E-state index contributed by atoms with van der Waals surface area (Å²) in [5.74, 6) is -3.79. The maximum atomic E-state index is 13.4. The molecule has 1 aromatic carbocycles. The first-order valence-corrected chi connectivity index (χ1v) is 5.14. The molecule has 0 aliphatic rings. The van der Waals surface area contributed by atoms with E-state index < -0.39 is 11.9 Å². The van der Waals surface area contributed by atoms with Crippen molar-refractivity contribution in [1.82, 2.24) is 0 Å². The molecule has 0 aromatic heterocycles. The minimum absolute atomic E-state index is 0.0523. The lowest BCUT2D eigenvalue weighted by molar-refractivity contribution is -0.136. The summed E-state index contributed by atoms with van der Waals surface area (Å²) >= 11 is 0. The van der Waals surface area contributed by atoms with Crippen molar-refractivity contribution in [2.45, 2.75) is 32.1 Å². The number of hydrogen-bond acceptors (Lipinski definition) is 1. The molecule has 1 rings (SSSR count). The van der Waals surface area contributed by atoms with E-state index in [2.05, 4.69) is 0 Å². The molecule has 0 atom stereocenters. The zero-order valence-electron chi connectivity index (χ0n) is 9.04. The maximum Gasteiger partial charge on any atom is 0.307 e. The van der Waals surface area contributed by atoms with E-state index in [9.17, 15) is 13.6 Å². The Morgan fingerprint density at radius 1 is 1.31 bits per heavy atom. The molecule has 0 unspecified atom stereocenters. The van der Waals surface area contributed by atoms with Crippen LogP contribution in [0.4, 0.5) is 8.78 Å². The van der Waals surface area contributed by atoms with Crippen LogP contribution in [-0.2, 0) is 17.1 Å². The molecule has 0 heterocycles. The van der Waals surface area contributed by atoms with Crippen LogP contribution in [0, 0.1) is 0 Å². The summed E-state index contributed by atoms with van der Waals surface area (Å²) in [6, 6.07) is 5.47. The second-order valence-electron chi connectivity index (χ2n) is 3.72. The Hall–Kier alpha value is -1.45. The lowest BCUT2D eigenvalue weighted by atomic mass is 10.0. The van der Waals surface area contributed by atoms with Gasteiger partial charge in [-0.05, 0) is 5.56 Å². The molecule has 0 aliphatic carbocycles. The Morgan fingerprint density at radius 3 is 2.31 bits per heavy atom. The van der Waals surface area contributed by atoms with E-state index in [-0.39, 0.29) is 18.4 Å². The van der Waals surface area contributed by atoms with Gasteiger partial charge in [0.15, 0.2) is 0 Å². The van der Waals surface area contributed by atoms with E-state index in [4.69, 9.17) is 5.11 Å². The normalized spacial score (nSPS) is 11.4. The highest BCUT2D eigenvalue weighted by atomic mass is 19.3. The van der Waals surface area contributed by atoms with E-state index >= 15 is 0 Å². The van der Waals surface area contributed by atoms with E-state index in [1.54, 1.807) is 6.92 Å². The minimum Gasteiger partial charge on any atom is -0.481 e. The van der Waals surface area contributed by atoms with Crippen LogP contribution in [0.3, 0.4) is 0 Å². The third-order valence-corrected chi connectivity index (χ3v) is 2.30. The summed E-state index contributed by atoms with van der Waals surface area (Å²) in [4.78, 5) is 10.4. The van der Waals surface area contributed by atoms with Crippen molar-refractivity contribution in [3.63, 3.8) is 0 Å². The summed E-state index contributed by atoms with van der Waals surface area (Å²) in [5.41, 5.74) is 0.479. The maximum absolute atomic E-state index is 13.4. The van der Waals surface area contributed by atoms with Gasteiger partial charge in [0, 0.05) is 12.0 Å². The molecule has 88 valence electrons. The van der Waals surface area contributed by atoms with Gasteiger partial charge in [-0.25, -0.2) is 8.78 Å². The molecule has 0 amide bonds. The van der Waals surface area contributed by atoms with Gasteiger partial charge in [0.05, 0.1) is 6.42 Å². The van der Waals surface area contributed by atoms with Gasteiger partial charge in [-0.3, -0.25) is 4.79 Å². The molecular formula is C12H14F2O2. The molecule has 0 bridgehead atoms. The van der Waals surface area contributed by atoms with Crippen LogP contribution >= 0.6 is 0 Å². The van der Waals surface area contributed by atoms with E-state index in [1.165, 1.54) is 24.3 Å². The number of halogens is 2. The lowest BCUT2D eigenvalue weighted by Gasteiger charge is -2.15. The standard InChI is InChI=1S/C12H14F2O2/c1-2-7-12(13,14)10-5-3-9(4-6-10)8-11(15)16/h3-6H,2,7-8H2,1H3,(H,15,16). The number of rotatable bonds is 5. The fourth-order valence-electron chi connectivity index (χ4n) is 1.50. The van der Waals surface area contributed by atoms with Crippen molar-refractivity contribution in [2.75, 3.05) is 0 Å². The highest BCUT2D eigenvalue weighted by Crippen LogP contribution is 2.32. The quantitative estimate of drug-likeness (QED) is 0.840. The monoisotopic (exact) mass is 228 g/mol. The van der Waals surface area contributed by atoms with E-state index in [0.29, 0.717) is 12.0 Å². The van der Waals surface area contributed by atoms with Crippen LogP contribution in [0.25, 0.3) is 0 Å². The van der Waals surface area contributed by atoms with Crippen molar-refractivity contribution < 1.29 is 18.7 Å². The Bertz CT molecular complexity index is 358. The molecule has 0 saturated heterocycles. The highest BCUT2D eigenvalue weighted by Gasteiger charge is 2.29. The van der Waals surface area contributed by atoms with Crippen molar-refractivity contribution in [2.24, 2.45) is 0 Å². The number of carbonyl (C=O) groups is 1. The minimum atomic E-state index is -2.82. The second-order valence-corrected chi connectivity index (χ2v) is 3.72. The fraction of sp³-hybridized carbons (Fsp3) is 0.417. The first-order chi connectivity index (χ1) is 7.45. The Morgan fingerprint density at radius 2 is 1.88 bits per heavy atom. The molecular weight excluding hydrogens is 214 g/mol. The van der Waals surface area contributed by atoms with Crippen molar-refractivity contribution in [1.29, 1.82) is 0 Å². The lowest BCUT2D eigenvalue weighted by Crippen LogP contribution is -2.12. The van der Waals surface area contributed by atoms with Crippen LogP contribution in [0.1, 0.15) is 30.9 Å². The van der Waals surface area contributed by atoms with E-state index in [1.807, 2.05) is 0 Å². The first-order valence-electron chi connectivity index (χ1n) is 5.14. The summed E-state index contributed by atoms with van der Waals surface area (Å²) < 4.78 is 26.9. The van der Waals surface area contributed by atoms with Gasteiger partial charge in [-0.1, -0.05) is 37.6 Å². The van der Waals surface area contributed by atoms with Crippen LogP contribution in [0.15, 0.2) is 24.3 Å². The average Bonchev–Trinajstić information content (AvgIpc) is 2.17. The zero-order valence-corrected chi connectivity index (χ0v) is 9.04. The van der Waals surface area contributed by atoms with Crippen LogP contribution < -0.4 is 0 Å². The summed E-state index contributed by atoms with van der Waals surface area (Å²) in [6.07, 6.45) is 0.0782. The van der Waals surface area contributed by atoms with Gasteiger partial charge >= 0.3 is 5.97 Å². The van der Waals surface area contributed by atoms with Gasteiger partial charge in [0.2, 0.25) is 0 Å². The molecule has 1 aromatic rings. The van der Waals surface area contributed by atoms with E-state index in [0.717, 1.165) is 0 Å². The van der Waals surface area contributed by atoms with Gasteiger partial charge in [0.25, 0.3) is 5.92 Å². The third kappa shape index (κ3) is 3.29. The second kappa shape index (κ2) is 5.05. The third-order valence-electron chi connectivity index (χ3n) is 2.30.